The van der Waals surface area contributed by atoms with Gasteiger partial charge in [-0.2, -0.15) is 5.11 Å². The second-order valence-corrected chi connectivity index (χ2v) is 4.11. The maximum atomic E-state index is 11.3. The molecule has 0 bridgehead atoms. The van der Waals surface area contributed by atoms with Gasteiger partial charge in [0.05, 0.1) is 16.2 Å². The molecule has 0 unspecified atom stereocenters. The van der Waals surface area contributed by atoms with Crippen LogP contribution in [0.3, 0.4) is 0 Å². The maximum absolute atomic E-state index is 11.3. The molecular weight excluding hydrogens is 282 g/mol. The first-order valence-corrected chi connectivity index (χ1v) is 5.91. The molecule has 0 aliphatic carbocycles. The number of rotatable bonds is 4. The van der Waals surface area contributed by atoms with Crippen LogP contribution in [0.15, 0.2) is 58.8 Å². The highest BCUT2D eigenvalue weighted by atomic mass is 35.5. The van der Waals surface area contributed by atoms with Crippen molar-refractivity contribution >= 4 is 33.9 Å². The van der Waals surface area contributed by atoms with Gasteiger partial charge in [-0.3, -0.25) is 14.9 Å². The zero-order valence-corrected chi connectivity index (χ0v) is 10.8. The molecular formula is C13H8ClN3O3. The van der Waals surface area contributed by atoms with Crippen LogP contribution in [0.25, 0.3) is 0 Å². The minimum absolute atomic E-state index is 0.0584. The second kappa shape index (κ2) is 6.03. The molecule has 0 aromatic heterocycles. The van der Waals surface area contributed by atoms with E-state index in [0.29, 0.717) is 5.69 Å². The van der Waals surface area contributed by atoms with Gasteiger partial charge in [0.2, 0.25) is 0 Å². The van der Waals surface area contributed by atoms with Gasteiger partial charge in [0.25, 0.3) is 10.9 Å². The smallest absolute Gasteiger partial charge is 0.271 e. The molecule has 0 aliphatic rings. The Morgan fingerprint density at radius 1 is 1.10 bits per heavy atom. The van der Waals surface area contributed by atoms with Gasteiger partial charge < -0.3 is 0 Å². The predicted octanol–water partition coefficient (Wildman–Crippen LogP) is 4.39. The van der Waals surface area contributed by atoms with Crippen LogP contribution in [-0.2, 0) is 0 Å². The van der Waals surface area contributed by atoms with Crippen LogP contribution in [0, 0.1) is 10.1 Å². The Balaban J connectivity index is 2.43. The van der Waals surface area contributed by atoms with Gasteiger partial charge in [-0.25, -0.2) is 0 Å². The first-order valence-electron chi connectivity index (χ1n) is 5.53. The van der Waals surface area contributed by atoms with Crippen LogP contribution < -0.4 is 0 Å². The third-order valence-corrected chi connectivity index (χ3v) is 2.64. The van der Waals surface area contributed by atoms with E-state index < -0.39 is 10.2 Å². The molecule has 20 heavy (non-hydrogen) atoms. The van der Waals surface area contributed by atoms with Crippen molar-refractivity contribution < 1.29 is 9.72 Å². The number of hydrogen-bond donors (Lipinski definition) is 0. The molecule has 0 fully saturated rings. The van der Waals surface area contributed by atoms with Gasteiger partial charge in [-0.05, 0) is 29.8 Å². The average molecular weight is 290 g/mol. The van der Waals surface area contributed by atoms with Crippen molar-refractivity contribution in [1.82, 2.24) is 0 Å². The van der Waals surface area contributed by atoms with Crippen molar-refractivity contribution in [2.75, 3.05) is 0 Å². The van der Waals surface area contributed by atoms with Crippen LogP contribution in [0.2, 0.25) is 0 Å². The summed E-state index contributed by atoms with van der Waals surface area (Å²) in [4.78, 5) is 21.4. The normalized spacial score (nSPS) is 10.7. The summed E-state index contributed by atoms with van der Waals surface area (Å²) < 4.78 is 0. The Labute approximate surface area is 118 Å². The fraction of sp³-hybridized carbons (Fsp3) is 0. The van der Waals surface area contributed by atoms with Crippen molar-refractivity contribution in [3.8, 4) is 0 Å². The molecule has 2 rings (SSSR count). The molecule has 0 amide bonds. The summed E-state index contributed by atoms with van der Waals surface area (Å²) in [5.41, 5.74) is 0.501. The highest BCUT2D eigenvalue weighted by Crippen LogP contribution is 2.28. The molecule has 0 saturated heterocycles. The number of benzene rings is 2. The van der Waals surface area contributed by atoms with Gasteiger partial charge in [0.1, 0.15) is 5.69 Å². The van der Waals surface area contributed by atoms with Crippen LogP contribution in [0.1, 0.15) is 10.4 Å². The highest BCUT2D eigenvalue weighted by Gasteiger charge is 2.14. The summed E-state index contributed by atoms with van der Waals surface area (Å²) in [6.07, 6.45) is 0. The van der Waals surface area contributed by atoms with Crippen LogP contribution in [0.4, 0.5) is 17.1 Å². The number of carbonyl (C=O) groups excluding carboxylic acids is 1. The Bertz CT molecular complexity index is 687. The molecule has 100 valence electrons. The number of hydrogen-bond acceptors (Lipinski definition) is 5. The Morgan fingerprint density at radius 3 is 2.40 bits per heavy atom. The lowest BCUT2D eigenvalue weighted by atomic mass is 10.2. The van der Waals surface area contributed by atoms with Gasteiger partial charge in [-0.15, -0.1) is 5.11 Å². The van der Waals surface area contributed by atoms with Gasteiger partial charge in [-0.1, -0.05) is 18.2 Å². The number of non-ortho nitro benzene ring substituents is 1. The maximum Gasteiger partial charge on any atom is 0.271 e. The molecule has 0 radical (unpaired) electrons. The zero-order chi connectivity index (χ0) is 14.5. The van der Waals surface area contributed by atoms with Gasteiger partial charge in [0.15, 0.2) is 0 Å². The first-order chi connectivity index (χ1) is 9.58. The number of nitro groups is 1. The number of nitrogens with zero attached hydrogens (tertiary/aromatic N) is 3. The number of carbonyl (C=O) groups is 1. The number of halogens is 1. The summed E-state index contributed by atoms with van der Waals surface area (Å²) in [6.45, 7) is 0. The van der Waals surface area contributed by atoms with Gasteiger partial charge in [0, 0.05) is 12.1 Å². The largest absolute Gasteiger partial charge is 0.276 e. The SMILES string of the molecule is O=C(Cl)c1ccc([N+](=O)[O-])cc1N=Nc1ccccc1. The van der Waals surface area contributed by atoms with E-state index in [-0.39, 0.29) is 16.9 Å². The molecule has 7 heteroatoms. The fourth-order valence-corrected chi connectivity index (χ4v) is 1.65. The fourth-order valence-electron chi connectivity index (χ4n) is 1.49. The van der Waals surface area contributed by atoms with E-state index in [1.165, 1.54) is 12.1 Å². The lowest BCUT2D eigenvalue weighted by Crippen LogP contribution is -1.92. The first kappa shape index (κ1) is 13.8. The van der Waals surface area contributed by atoms with E-state index in [9.17, 15) is 14.9 Å². The van der Waals surface area contributed by atoms with E-state index in [1.54, 1.807) is 24.3 Å². The zero-order valence-electron chi connectivity index (χ0n) is 10.1. The Kier molecular flexibility index (Phi) is 4.17. The predicted molar refractivity (Wildman–Crippen MR) is 73.9 cm³/mol. The Hall–Kier alpha value is -2.60. The minimum atomic E-state index is -0.748. The molecule has 0 saturated carbocycles. The summed E-state index contributed by atoms with van der Waals surface area (Å²) in [5.74, 6) is 0. The monoisotopic (exact) mass is 289 g/mol. The molecule has 0 heterocycles. The molecule has 0 aliphatic heterocycles. The van der Waals surface area contributed by atoms with E-state index in [2.05, 4.69) is 10.2 Å². The van der Waals surface area contributed by atoms with E-state index >= 15 is 0 Å². The van der Waals surface area contributed by atoms with Crippen LogP contribution >= 0.6 is 11.6 Å². The topological polar surface area (TPSA) is 84.9 Å². The van der Waals surface area contributed by atoms with Crippen molar-refractivity contribution in [3.63, 3.8) is 0 Å². The lowest BCUT2D eigenvalue weighted by molar-refractivity contribution is -0.384. The molecule has 0 N–H and O–H groups in total. The van der Waals surface area contributed by atoms with Crippen LogP contribution in [-0.4, -0.2) is 10.2 Å². The van der Waals surface area contributed by atoms with Crippen LogP contribution in [0.5, 0.6) is 0 Å². The molecule has 2 aromatic carbocycles. The van der Waals surface area contributed by atoms with E-state index in [0.717, 1.165) is 6.07 Å². The lowest BCUT2D eigenvalue weighted by Gasteiger charge is -1.99. The summed E-state index contributed by atoms with van der Waals surface area (Å²) in [6, 6.07) is 12.4. The molecule has 0 atom stereocenters. The second-order valence-electron chi connectivity index (χ2n) is 3.77. The summed E-state index contributed by atoms with van der Waals surface area (Å²) in [7, 11) is 0. The molecule has 0 spiro atoms. The summed E-state index contributed by atoms with van der Waals surface area (Å²) in [5, 5.41) is 17.7. The van der Waals surface area contributed by atoms with Gasteiger partial charge >= 0.3 is 0 Å². The molecule has 2 aromatic rings. The minimum Gasteiger partial charge on any atom is -0.276 e. The molecule has 6 nitrogen and oxygen atoms in total. The quantitative estimate of drug-likeness (QED) is 0.362. The van der Waals surface area contributed by atoms with Crippen molar-refractivity contribution in [1.29, 1.82) is 0 Å². The van der Waals surface area contributed by atoms with E-state index in [1.807, 2.05) is 6.07 Å². The third-order valence-electron chi connectivity index (χ3n) is 2.43. The van der Waals surface area contributed by atoms with Crippen molar-refractivity contribution in [3.05, 3.63) is 64.2 Å². The van der Waals surface area contributed by atoms with E-state index in [4.69, 9.17) is 11.6 Å². The standard InChI is InChI=1S/C13H8ClN3O3/c14-13(18)11-7-6-10(17(19)20)8-12(11)16-15-9-4-2-1-3-5-9/h1-8H. The third kappa shape index (κ3) is 3.24. The van der Waals surface area contributed by atoms with Crippen molar-refractivity contribution in [2.45, 2.75) is 0 Å². The Morgan fingerprint density at radius 2 is 1.80 bits per heavy atom. The highest BCUT2D eigenvalue weighted by molar-refractivity contribution is 6.68. The van der Waals surface area contributed by atoms with Crippen molar-refractivity contribution in [2.24, 2.45) is 10.2 Å². The number of nitro benzene ring substituents is 1. The summed E-state index contributed by atoms with van der Waals surface area (Å²) >= 11 is 5.41. The average Bonchev–Trinajstić information content (AvgIpc) is 2.45. The number of azo groups is 1.